The lowest BCUT2D eigenvalue weighted by atomic mass is 10.0. The number of carboxylic acids is 1. The molecule has 1 amide bonds. The Morgan fingerprint density at radius 2 is 1.79 bits per heavy atom. The van der Waals surface area contributed by atoms with Gasteiger partial charge in [0, 0.05) is 32.2 Å². The van der Waals surface area contributed by atoms with Crippen LogP contribution >= 0.6 is 12.4 Å². The highest BCUT2D eigenvalue weighted by molar-refractivity contribution is 5.85. The highest BCUT2D eigenvalue weighted by Crippen LogP contribution is 2.16. The van der Waals surface area contributed by atoms with Gasteiger partial charge in [-0.25, -0.2) is 0 Å². The van der Waals surface area contributed by atoms with Crippen molar-refractivity contribution < 1.29 is 14.7 Å². The van der Waals surface area contributed by atoms with E-state index in [4.69, 9.17) is 5.11 Å². The predicted octanol–water partition coefficient (Wildman–Crippen LogP) is 2.64. The molecule has 0 saturated carbocycles. The van der Waals surface area contributed by atoms with Crippen LogP contribution in [0.5, 0.6) is 0 Å². The van der Waals surface area contributed by atoms with Crippen molar-refractivity contribution in [3.63, 3.8) is 0 Å². The van der Waals surface area contributed by atoms with E-state index < -0.39 is 5.97 Å². The molecule has 0 aliphatic carbocycles. The van der Waals surface area contributed by atoms with Crippen LogP contribution in [-0.4, -0.2) is 77.5 Å². The first kappa shape index (κ1) is 24.4. The standard InChI is InChI=1S/C21H33N3O3.ClH/c1-4-11-24(14-18-7-5-17(2)6-8-18)20(25)15-23-12-9-19(10-13-23)22(3)16-21(26)27;/h5-8,19H,4,9-16H2,1-3H3,(H,26,27);1H. The number of carboxylic acid groups (broad SMARTS) is 1. The quantitative estimate of drug-likeness (QED) is 0.676. The van der Waals surface area contributed by atoms with Gasteiger partial charge in [-0.05, 0) is 38.8 Å². The first-order valence-electron chi connectivity index (χ1n) is 9.86. The lowest BCUT2D eigenvalue weighted by Crippen LogP contribution is -2.48. The van der Waals surface area contributed by atoms with Crippen molar-refractivity contribution in [1.29, 1.82) is 0 Å². The van der Waals surface area contributed by atoms with Crippen molar-refractivity contribution in [2.75, 3.05) is 39.8 Å². The monoisotopic (exact) mass is 411 g/mol. The number of likely N-dealkylation sites (tertiary alicyclic amines) is 1. The number of carbonyl (C=O) groups is 2. The smallest absolute Gasteiger partial charge is 0.317 e. The summed E-state index contributed by atoms with van der Waals surface area (Å²) in [5, 5.41) is 8.93. The van der Waals surface area contributed by atoms with E-state index in [0.717, 1.165) is 44.5 Å². The van der Waals surface area contributed by atoms with Crippen molar-refractivity contribution in [2.24, 2.45) is 0 Å². The van der Waals surface area contributed by atoms with Gasteiger partial charge in [-0.3, -0.25) is 19.4 Å². The molecule has 6 nitrogen and oxygen atoms in total. The molecule has 28 heavy (non-hydrogen) atoms. The molecule has 7 heteroatoms. The number of hydrogen-bond donors (Lipinski definition) is 1. The van der Waals surface area contributed by atoms with E-state index >= 15 is 0 Å². The topological polar surface area (TPSA) is 64.1 Å². The minimum atomic E-state index is -0.790. The largest absolute Gasteiger partial charge is 0.480 e. The van der Waals surface area contributed by atoms with Crippen molar-refractivity contribution in [1.82, 2.24) is 14.7 Å². The summed E-state index contributed by atoms with van der Waals surface area (Å²) in [5.74, 6) is -0.615. The molecule has 0 bridgehead atoms. The fourth-order valence-electron chi connectivity index (χ4n) is 3.63. The first-order valence-corrected chi connectivity index (χ1v) is 9.86. The van der Waals surface area contributed by atoms with Crippen molar-refractivity contribution >= 4 is 24.3 Å². The number of piperidine rings is 1. The van der Waals surface area contributed by atoms with Crippen LogP contribution in [0.15, 0.2) is 24.3 Å². The SMILES string of the molecule is CCCN(Cc1ccc(C)cc1)C(=O)CN1CCC(N(C)CC(=O)O)CC1.Cl. The number of nitrogens with zero attached hydrogens (tertiary/aromatic N) is 3. The van der Waals surface area contributed by atoms with Gasteiger partial charge in [0.25, 0.3) is 0 Å². The Bertz CT molecular complexity index is 616. The number of aryl methyl sites for hydroxylation is 1. The summed E-state index contributed by atoms with van der Waals surface area (Å²) in [6, 6.07) is 8.64. The molecule has 0 radical (unpaired) electrons. The van der Waals surface area contributed by atoms with E-state index in [1.54, 1.807) is 0 Å². The minimum absolute atomic E-state index is 0. The molecule has 0 aromatic heterocycles. The molecular formula is C21H34ClN3O3. The lowest BCUT2D eigenvalue weighted by molar-refractivity contribution is -0.138. The molecule has 1 aliphatic heterocycles. The molecule has 2 rings (SSSR count). The van der Waals surface area contributed by atoms with Crippen LogP contribution in [0.1, 0.15) is 37.3 Å². The third kappa shape index (κ3) is 7.78. The normalized spacial score (nSPS) is 15.3. The van der Waals surface area contributed by atoms with Crippen LogP contribution in [0.25, 0.3) is 0 Å². The summed E-state index contributed by atoms with van der Waals surface area (Å²) in [4.78, 5) is 29.8. The van der Waals surface area contributed by atoms with Crippen molar-refractivity contribution in [3.8, 4) is 0 Å². The maximum atomic E-state index is 12.8. The number of hydrogen-bond acceptors (Lipinski definition) is 4. The maximum absolute atomic E-state index is 12.8. The molecule has 158 valence electrons. The van der Waals surface area contributed by atoms with Crippen LogP contribution < -0.4 is 0 Å². The fourth-order valence-corrected chi connectivity index (χ4v) is 3.63. The van der Waals surface area contributed by atoms with Gasteiger partial charge in [-0.15, -0.1) is 12.4 Å². The summed E-state index contributed by atoms with van der Waals surface area (Å²) < 4.78 is 0. The van der Waals surface area contributed by atoms with E-state index in [1.165, 1.54) is 5.56 Å². The number of benzene rings is 1. The van der Waals surface area contributed by atoms with Crippen molar-refractivity contribution in [3.05, 3.63) is 35.4 Å². The molecule has 0 unspecified atom stereocenters. The van der Waals surface area contributed by atoms with E-state index in [9.17, 15) is 9.59 Å². The lowest BCUT2D eigenvalue weighted by Gasteiger charge is -2.36. The zero-order valence-electron chi connectivity index (χ0n) is 17.3. The Labute approximate surface area is 174 Å². The summed E-state index contributed by atoms with van der Waals surface area (Å²) in [7, 11) is 1.87. The van der Waals surface area contributed by atoms with E-state index in [-0.39, 0.29) is 30.9 Å². The third-order valence-corrected chi connectivity index (χ3v) is 5.26. The number of carbonyl (C=O) groups excluding carboxylic acids is 1. The third-order valence-electron chi connectivity index (χ3n) is 5.26. The van der Waals surface area contributed by atoms with Gasteiger partial charge in [0.05, 0.1) is 13.1 Å². The summed E-state index contributed by atoms with van der Waals surface area (Å²) in [6.45, 7) is 7.78. The zero-order valence-corrected chi connectivity index (χ0v) is 18.1. The second kappa shape index (κ2) is 12.0. The Hall–Kier alpha value is -1.63. The Kier molecular flexibility index (Phi) is 10.5. The molecular weight excluding hydrogens is 378 g/mol. The van der Waals surface area contributed by atoms with Crippen LogP contribution in [0.4, 0.5) is 0 Å². The molecule has 1 aromatic rings. The van der Waals surface area contributed by atoms with Gasteiger partial charge in [0.15, 0.2) is 0 Å². The minimum Gasteiger partial charge on any atom is -0.480 e. The van der Waals surface area contributed by atoms with Gasteiger partial charge in [-0.2, -0.15) is 0 Å². The van der Waals surface area contributed by atoms with Gasteiger partial charge < -0.3 is 10.0 Å². The summed E-state index contributed by atoms with van der Waals surface area (Å²) in [5.41, 5.74) is 2.39. The van der Waals surface area contributed by atoms with E-state index in [0.29, 0.717) is 13.1 Å². The zero-order chi connectivity index (χ0) is 19.8. The molecule has 1 heterocycles. The average Bonchev–Trinajstić information content (AvgIpc) is 2.63. The van der Waals surface area contributed by atoms with E-state index in [2.05, 4.69) is 43.0 Å². The number of aliphatic carboxylic acids is 1. The summed E-state index contributed by atoms with van der Waals surface area (Å²) >= 11 is 0. The van der Waals surface area contributed by atoms with Gasteiger partial charge in [0.1, 0.15) is 0 Å². The first-order chi connectivity index (χ1) is 12.9. The van der Waals surface area contributed by atoms with Gasteiger partial charge in [0.2, 0.25) is 5.91 Å². The Morgan fingerprint density at radius 1 is 1.18 bits per heavy atom. The maximum Gasteiger partial charge on any atom is 0.317 e. The van der Waals surface area contributed by atoms with E-state index in [1.807, 2.05) is 16.8 Å². The summed E-state index contributed by atoms with van der Waals surface area (Å²) in [6.07, 6.45) is 2.76. The van der Waals surface area contributed by atoms with Crippen LogP contribution in [-0.2, 0) is 16.1 Å². The molecule has 1 saturated heterocycles. The van der Waals surface area contributed by atoms with Gasteiger partial charge >= 0.3 is 5.97 Å². The number of rotatable bonds is 9. The molecule has 0 atom stereocenters. The molecule has 1 aromatic carbocycles. The number of amides is 1. The highest BCUT2D eigenvalue weighted by atomic mass is 35.5. The van der Waals surface area contributed by atoms with Crippen LogP contribution in [0.3, 0.4) is 0 Å². The molecule has 1 fully saturated rings. The van der Waals surface area contributed by atoms with Gasteiger partial charge in [-0.1, -0.05) is 36.8 Å². The second-order valence-electron chi connectivity index (χ2n) is 7.62. The average molecular weight is 412 g/mol. The fraction of sp³-hybridized carbons (Fsp3) is 0.619. The predicted molar refractivity (Wildman–Crippen MR) is 114 cm³/mol. The van der Waals surface area contributed by atoms with Crippen molar-refractivity contribution in [2.45, 2.75) is 45.7 Å². The Balaban J connectivity index is 0.00000392. The molecule has 0 spiro atoms. The molecule has 1 N–H and O–H groups in total. The van der Waals surface area contributed by atoms with Crippen LogP contribution in [0, 0.1) is 6.92 Å². The molecule has 1 aliphatic rings. The second-order valence-corrected chi connectivity index (χ2v) is 7.62. The van der Waals surface area contributed by atoms with Crippen LogP contribution in [0.2, 0.25) is 0 Å². The number of halogens is 1. The Morgan fingerprint density at radius 3 is 2.32 bits per heavy atom. The highest BCUT2D eigenvalue weighted by Gasteiger charge is 2.25. The number of likely N-dealkylation sites (N-methyl/N-ethyl adjacent to an activating group) is 1.